The molecule has 0 saturated carbocycles. The fourth-order valence-electron chi connectivity index (χ4n) is 2.66. The van der Waals surface area contributed by atoms with Gasteiger partial charge in [-0.1, -0.05) is 48.0 Å². The van der Waals surface area contributed by atoms with Crippen LogP contribution in [-0.4, -0.2) is 20.4 Å². The molecule has 0 heterocycles. The molecule has 140 valence electrons. The first-order chi connectivity index (χ1) is 12.8. The van der Waals surface area contributed by atoms with E-state index in [1.165, 1.54) is 13.0 Å². The van der Waals surface area contributed by atoms with E-state index >= 15 is 0 Å². The number of halogens is 1. The van der Waals surface area contributed by atoms with E-state index in [0.717, 1.165) is 16.3 Å². The highest BCUT2D eigenvalue weighted by Crippen LogP contribution is 2.21. The first kappa shape index (κ1) is 19.4. The molecule has 0 aromatic heterocycles. The SMILES string of the molecule is Cc1ccc(Cl)cc1NC(=O)[C@H](C)NS(=O)(=O)c1ccc2ccccc2c1. The largest absolute Gasteiger partial charge is 0.324 e. The third-order valence-corrected chi connectivity index (χ3v) is 5.99. The summed E-state index contributed by atoms with van der Waals surface area (Å²) in [5, 5.41) is 4.95. The lowest BCUT2D eigenvalue weighted by Gasteiger charge is -2.16. The Morgan fingerprint density at radius 1 is 1.00 bits per heavy atom. The monoisotopic (exact) mass is 402 g/mol. The number of amides is 1. The standard InChI is InChI=1S/C20H19ClN2O3S/c1-13-7-9-17(21)12-19(13)22-20(24)14(2)23-27(25,26)18-10-8-15-5-3-4-6-16(15)11-18/h3-12,14,23H,1-2H3,(H,22,24)/t14-/m0/s1. The minimum atomic E-state index is -3.84. The fourth-order valence-corrected chi connectivity index (χ4v) is 4.07. The molecule has 0 fully saturated rings. The summed E-state index contributed by atoms with van der Waals surface area (Å²) < 4.78 is 27.7. The number of rotatable bonds is 5. The predicted octanol–water partition coefficient (Wildman–Crippen LogP) is 4.11. The Morgan fingerprint density at radius 2 is 1.70 bits per heavy atom. The molecule has 27 heavy (non-hydrogen) atoms. The lowest BCUT2D eigenvalue weighted by atomic mass is 10.1. The van der Waals surface area contributed by atoms with Crippen molar-refractivity contribution in [1.29, 1.82) is 0 Å². The van der Waals surface area contributed by atoms with Crippen LogP contribution in [0, 0.1) is 6.92 Å². The van der Waals surface area contributed by atoms with E-state index in [0.29, 0.717) is 10.7 Å². The maximum atomic E-state index is 12.7. The molecule has 0 radical (unpaired) electrons. The summed E-state index contributed by atoms with van der Waals surface area (Å²) in [6.07, 6.45) is 0. The van der Waals surface area contributed by atoms with Crippen molar-refractivity contribution in [3.8, 4) is 0 Å². The molecule has 2 N–H and O–H groups in total. The smallest absolute Gasteiger partial charge is 0.242 e. The summed E-state index contributed by atoms with van der Waals surface area (Å²) in [5.74, 6) is -0.468. The van der Waals surface area contributed by atoms with Crippen molar-refractivity contribution < 1.29 is 13.2 Å². The number of carbonyl (C=O) groups excluding carboxylic acids is 1. The Balaban J connectivity index is 1.77. The van der Waals surface area contributed by atoms with E-state index in [2.05, 4.69) is 10.0 Å². The van der Waals surface area contributed by atoms with Crippen LogP contribution in [0.3, 0.4) is 0 Å². The average Bonchev–Trinajstić information content (AvgIpc) is 2.64. The van der Waals surface area contributed by atoms with Gasteiger partial charge in [0.1, 0.15) is 0 Å². The fraction of sp³-hybridized carbons (Fsp3) is 0.150. The Hall–Kier alpha value is -2.41. The number of hydrogen-bond acceptors (Lipinski definition) is 3. The highest BCUT2D eigenvalue weighted by atomic mass is 35.5. The van der Waals surface area contributed by atoms with Crippen LogP contribution in [0.2, 0.25) is 5.02 Å². The number of hydrogen-bond donors (Lipinski definition) is 2. The van der Waals surface area contributed by atoms with Gasteiger partial charge in [0.2, 0.25) is 15.9 Å². The van der Waals surface area contributed by atoms with E-state index < -0.39 is 22.0 Å². The molecule has 7 heteroatoms. The first-order valence-electron chi connectivity index (χ1n) is 8.34. The summed E-state index contributed by atoms with van der Waals surface area (Å²) >= 11 is 5.95. The number of nitrogens with one attached hydrogen (secondary N) is 2. The Labute approximate surface area is 163 Å². The quantitative estimate of drug-likeness (QED) is 0.674. The summed E-state index contributed by atoms with van der Waals surface area (Å²) in [7, 11) is -3.84. The van der Waals surface area contributed by atoms with Crippen molar-refractivity contribution in [2.24, 2.45) is 0 Å². The third-order valence-electron chi connectivity index (χ3n) is 4.21. The summed E-state index contributed by atoms with van der Waals surface area (Å²) in [5.41, 5.74) is 1.38. The maximum Gasteiger partial charge on any atom is 0.242 e. The van der Waals surface area contributed by atoms with Gasteiger partial charge in [-0.15, -0.1) is 0 Å². The van der Waals surface area contributed by atoms with Crippen LogP contribution in [0.15, 0.2) is 65.6 Å². The zero-order valence-corrected chi connectivity index (χ0v) is 16.4. The van der Waals surface area contributed by atoms with Crippen molar-refractivity contribution in [3.05, 3.63) is 71.2 Å². The van der Waals surface area contributed by atoms with E-state index in [1.807, 2.05) is 31.2 Å². The third kappa shape index (κ3) is 4.47. The van der Waals surface area contributed by atoms with Crippen LogP contribution in [0.5, 0.6) is 0 Å². The average molecular weight is 403 g/mol. The van der Waals surface area contributed by atoms with Crippen molar-refractivity contribution >= 4 is 44.0 Å². The van der Waals surface area contributed by atoms with Crippen molar-refractivity contribution in [2.75, 3.05) is 5.32 Å². The molecule has 0 aliphatic rings. The van der Waals surface area contributed by atoms with E-state index in [9.17, 15) is 13.2 Å². The van der Waals surface area contributed by atoms with Gasteiger partial charge in [0, 0.05) is 10.7 Å². The van der Waals surface area contributed by atoms with Gasteiger partial charge in [-0.25, -0.2) is 8.42 Å². The zero-order chi connectivity index (χ0) is 19.6. The van der Waals surface area contributed by atoms with Crippen LogP contribution < -0.4 is 10.0 Å². The molecule has 0 bridgehead atoms. The van der Waals surface area contributed by atoms with Gasteiger partial charge in [-0.05, 0) is 54.4 Å². The van der Waals surface area contributed by atoms with Crippen molar-refractivity contribution in [3.63, 3.8) is 0 Å². The second-order valence-corrected chi connectivity index (χ2v) is 8.45. The topological polar surface area (TPSA) is 75.3 Å². The minimum Gasteiger partial charge on any atom is -0.324 e. The molecular formula is C20H19ClN2O3S. The Kier molecular flexibility index (Phi) is 5.51. The molecule has 1 amide bonds. The number of sulfonamides is 1. The number of carbonyl (C=O) groups is 1. The molecule has 0 unspecified atom stereocenters. The van der Waals surface area contributed by atoms with Crippen LogP contribution >= 0.6 is 11.6 Å². The Bertz CT molecular complexity index is 1110. The number of aryl methyl sites for hydroxylation is 1. The van der Waals surface area contributed by atoms with Gasteiger partial charge in [0.05, 0.1) is 10.9 Å². The summed E-state index contributed by atoms with van der Waals surface area (Å²) in [6.45, 7) is 3.32. The highest BCUT2D eigenvalue weighted by Gasteiger charge is 2.22. The molecule has 0 aliphatic heterocycles. The molecule has 3 aromatic rings. The van der Waals surface area contributed by atoms with Gasteiger partial charge in [-0.2, -0.15) is 4.72 Å². The van der Waals surface area contributed by atoms with Crippen molar-refractivity contribution in [1.82, 2.24) is 4.72 Å². The predicted molar refractivity (Wildman–Crippen MR) is 109 cm³/mol. The molecule has 0 saturated heterocycles. The molecule has 3 aromatic carbocycles. The second kappa shape index (κ2) is 7.68. The molecule has 1 atom stereocenters. The number of benzene rings is 3. The van der Waals surface area contributed by atoms with Gasteiger partial charge in [-0.3, -0.25) is 4.79 Å². The first-order valence-corrected chi connectivity index (χ1v) is 10.2. The molecule has 0 aliphatic carbocycles. The molecule has 0 spiro atoms. The molecule has 5 nitrogen and oxygen atoms in total. The number of anilines is 1. The summed E-state index contributed by atoms with van der Waals surface area (Å²) in [4.78, 5) is 12.5. The normalized spacial score (nSPS) is 12.7. The second-order valence-electron chi connectivity index (χ2n) is 6.30. The van der Waals surface area contributed by atoms with E-state index in [-0.39, 0.29) is 4.90 Å². The van der Waals surface area contributed by atoms with E-state index in [1.54, 1.807) is 30.3 Å². The zero-order valence-electron chi connectivity index (χ0n) is 14.9. The van der Waals surface area contributed by atoms with Gasteiger partial charge < -0.3 is 5.32 Å². The van der Waals surface area contributed by atoms with Crippen molar-refractivity contribution in [2.45, 2.75) is 24.8 Å². The molecule has 3 rings (SSSR count). The number of fused-ring (bicyclic) bond motifs is 1. The van der Waals surface area contributed by atoms with Gasteiger partial charge in [0.25, 0.3) is 0 Å². The summed E-state index contributed by atoms with van der Waals surface area (Å²) in [6, 6.07) is 16.5. The Morgan fingerprint density at radius 3 is 2.44 bits per heavy atom. The lowest BCUT2D eigenvalue weighted by molar-refractivity contribution is -0.117. The van der Waals surface area contributed by atoms with Crippen LogP contribution in [0.4, 0.5) is 5.69 Å². The maximum absolute atomic E-state index is 12.7. The van der Waals surface area contributed by atoms with Crippen LogP contribution in [-0.2, 0) is 14.8 Å². The van der Waals surface area contributed by atoms with Crippen LogP contribution in [0.1, 0.15) is 12.5 Å². The lowest BCUT2D eigenvalue weighted by Crippen LogP contribution is -2.41. The van der Waals surface area contributed by atoms with Gasteiger partial charge in [0.15, 0.2) is 0 Å². The van der Waals surface area contributed by atoms with Gasteiger partial charge >= 0.3 is 0 Å². The molecular weight excluding hydrogens is 384 g/mol. The van der Waals surface area contributed by atoms with Crippen LogP contribution in [0.25, 0.3) is 10.8 Å². The van der Waals surface area contributed by atoms with E-state index in [4.69, 9.17) is 11.6 Å². The minimum absolute atomic E-state index is 0.111. The highest BCUT2D eigenvalue weighted by molar-refractivity contribution is 7.89.